The van der Waals surface area contributed by atoms with Crippen LogP contribution in [0.25, 0.3) is 77.6 Å². The molecule has 0 fully saturated rings. The zero-order valence-electron chi connectivity index (χ0n) is 37.8. The third kappa shape index (κ3) is 6.56. The number of para-hydroxylation sites is 2. The van der Waals surface area contributed by atoms with E-state index in [0.29, 0.717) is 0 Å². The van der Waals surface area contributed by atoms with E-state index in [1.54, 1.807) is 0 Å². The Morgan fingerprint density at radius 3 is 1.49 bits per heavy atom. The third-order valence-electron chi connectivity index (χ3n) is 14.2. The summed E-state index contributed by atoms with van der Waals surface area (Å²) >= 11 is 0. The molecular weight excluding hydrogens is 835 g/mol. The normalized spacial score (nSPS) is 12.5. The van der Waals surface area contributed by atoms with Crippen molar-refractivity contribution in [2.24, 2.45) is 0 Å². The first-order valence-electron chi connectivity index (χ1n) is 23.8. The fourth-order valence-corrected chi connectivity index (χ4v) is 11.2. The van der Waals surface area contributed by atoms with Gasteiger partial charge in [0.05, 0.1) is 22.2 Å². The second-order valence-corrected chi connectivity index (χ2v) is 17.9. The van der Waals surface area contributed by atoms with Gasteiger partial charge in [-0.05, 0) is 115 Å². The first-order chi connectivity index (χ1) is 34.3. The van der Waals surface area contributed by atoms with Gasteiger partial charge in [-0.1, -0.05) is 231 Å². The Labute approximate surface area is 402 Å². The number of fused-ring (bicyclic) bond motifs is 6. The SMILES string of the molecule is c1ccc(-c2ccccc2-c2ccccc2-c2ccccc2N(c2ccc(-c3ccc4c(c3)C(c3ccccc3)(c3ccccc3)c3ccccc3-4)cc2)c2cccc3oc4ccccc4c23)cc1. The summed E-state index contributed by atoms with van der Waals surface area (Å²) in [6.07, 6.45) is 0. The molecule has 0 radical (unpaired) electrons. The van der Waals surface area contributed by atoms with Gasteiger partial charge in [-0.15, -0.1) is 0 Å². The average molecular weight is 880 g/mol. The summed E-state index contributed by atoms with van der Waals surface area (Å²) in [5.74, 6) is 0. The van der Waals surface area contributed by atoms with Crippen molar-refractivity contribution >= 4 is 39.0 Å². The van der Waals surface area contributed by atoms with Crippen LogP contribution in [0, 0.1) is 0 Å². The standard InChI is InChI=1S/C67H45NO/c1-4-21-47(22-5-1)52-27-10-11-28-53(52)54-29-12-13-30-55(54)58-32-15-18-35-62(58)68(63-36-20-38-65-66(63)59-33-16-19-37-64(59)69-65)51-42-39-46(40-43-51)48-41-44-57-56-31-14-17-34-60(56)67(61(57)45-48,49-23-6-2-7-24-49)50-25-8-3-9-26-50/h1-45H. The lowest BCUT2D eigenvalue weighted by Crippen LogP contribution is -2.28. The number of rotatable bonds is 9. The summed E-state index contributed by atoms with van der Waals surface area (Å²) in [6.45, 7) is 0. The molecule has 0 saturated heterocycles. The minimum atomic E-state index is -0.477. The molecule has 1 aromatic heterocycles. The van der Waals surface area contributed by atoms with Crippen molar-refractivity contribution in [2.45, 2.75) is 5.41 Å². The second kappa shape index (κ2) is 16.7. The van der Waals surface area contributed by atoms with E-state index in [2.05, 4.69) is 272 Å². The van der Waals surface area contributed by atoms with Gasteiger partial charge >= 0.3 is 0 Å². The van der Waals surface area contributed by atoms with Crippen molar-refractivity contribution in [3.05, 3.63) is 295 Å². The predicted octanol–water partition coefficient (Wildman–Crippen LogP) is 18.1. The largest absolute Gasteiger partial charge is 0.456 e. The van der Waals surface area contributed by atoms with E-state index in [4.69, 9.17) is 4.42 Å². The number of anilines is 3. The molecule has 1 aliphatic carbocycles. The molecule has 0 bridgehead atoms. The lowest BCUT2D eigenvalue weighted by atomic mass is 9.67. The summed E-state index contributed by atoms with van der Waals surface area (Å²) in [4.78, 5) is 2.43. The van der Waals surface area contributed by atoms with Gasteiger partial charge < -0.3 is 9.32 Å². The molecule has 0 spiro atoms. The number of furan rings is 1. The Morgan fingerprint density at radius 2 is 0.783 bits per heavy atom. The van der Waals surface area contributed by atoms with Gasteiger partial charge in [0, 0.05) is 16.6 Å². The maximum absolute atomic E-state index is 6.55. The maximum Gasteiger partial charge on any atom is 0.137 e. The Balaban J connectivity index is 0.992. The van der Waals surface area contributed by atoms with Gasteiger partial charge in [0.15, 0.2) is 0 Å². The van der Waals surface area contributed by atoms with Crippen LogP contribution in [0.5, 0.6) is 0 Å². The zero-order chi connectivity index (χ0) is 45.7. The van der Waals surface area contributed by atoms with Gasteiger partial charge in [0.25, 0.3) is 0 Å². The molecule has 0 aliphatic heterocycles. The first kappa shape index (κ1) is 40.3. The van der Waals surface area contributed by atoms with Gasteiger partial charge in [0.2, 0.25) is 0 Å². The molecule has 11 aromatic carbocycles. The lowest BCUT2D eigenvalue weighted by Gasteiger charge is -2.34. The van der Waals surface area contributed by atoms with Crippen LogP contribution in [0.4, 0.5) is 17.1 Å². The van der Waals surface area contributed by atoms with Crippen molar-refractivity contribution in [3.8, 4) is 55.6 Å². The van der Waals surface area contributed by atoms with E-state index in [1.807, 2.05) is 6.07 Å². The monoisotopic (exact) mass is 879 g/mol. The zero-order valence-corrected chi connectivity index (χ0v) is 37.8. The Bertz CT molecular complexity index is 3790. The number of nitrogens with zero attached hydrogens (tertiary/aromatic N) is 1. The molecule has 0 unspecified atom stereocenters. The molecule has 69 heavy (non-hydrogen) atoms. The summed E-state index contributed by atoms with van der Waals surface area (Å²) < 4.78 is 6.55. The molecule has 0 N–H and O–H groups in total. The van der Waals surface area contributed by atoms with Crippen LogP contribution < -0.4 is 4.90 Å². The predicted molar refractivity (Wildman–Crippen MR) is 287 cm³/mol. The van der Waals surface area contributed by atoms with Crippen LogP contribution in [0.1, 0.15) is 22.3 Å². The van der Waals surface area contributed by atoms with Crippen LogP contribution >= 0.6 is 0 Å². The lowest BCUT2D eigenvalue weighted by molar-refractivity contribution is 0.669. The Morgan fingerprint density at radius 1 is 0.290 bits per heavy atom. The van der Waals surface area contributed by atoms with Crippen molar-refractivity contribution < 1.29 is 4.42 Å². The average Bonchev–Trinajstić information content (AvgIpc) is 3.96. The summed E-state index contributed by atoms with van der Waals surface area (Å²) in [5.41, 5.74) is 21.4. The Hall–Kier alpha value is -8.98. The molecule has 0 saturated carbocycles. The minimum absolute atomic E-state index is 0.477. The van der Waals surface area contributed by atoms with E-state index in [0.717, 1.165) is 55.7 Å². The van der Waals surface area contributed by atoms with Gasteiger partial charge in [-0.25, -0.2) is 0 Å². The van der Waals surface area contributed by atoms with E-state index >= 15 is 0 Å². The van der Waals surface area contributed by atoms with Crippen molar-refractivity contribution in [1.82, 2.24) is 0 Å². The van der Waals surface area contributed by atoms with E-state index in [9.17, 15) is 0 Å². The highest BCUT2D eigenvalue weighted by molar-refractivity contribution is 6.14. The van der Waals surface area contributed by atoms with E-state index < -0.39 is 5.41 Å². The van der Waals surface area contributed by atoms with Gasteiger partial charge in [0.1, 0.15) is 11.2 Å². The molecule has 2 heteroatoms. The maximum atomic E-state index is 6.55. The smallest absolute Gasteiger partial charge is 0.137 e. The fourth-order valence-electron chi connectivity index (χ4n) is 11.2. The summed E-state index contributed by atoms with van der Waals surface area (Å²) in [7, 11) is 0. The molecule has 2 nitrogen and oxygen atoms in total. The molecule has 0 amide bonds. The molecule has 13 rings (SSSR count). The number of benzene rings is 11. The van der Waals surface area contributed by atoms with Crippen molar-refractivity contribution in [2.75, 3.05) is 4.90 Å². The number of hydrogen-bond acceptors (Lipinski definition) is 2. The molecule has 12 aromatic rings. The van der Waals surface area contributed by atoms with E-state index in [1.165, 1.54) is 61.2 Å². The van der Waals surface area contributed by atoms with Crippen molar-refractivity contribution in [3.63, 3.8) is 0 Å². The third-order valence-corrected chi connectivity index (χ3v) is 14.2. The second-order valence-electron chi connectivity index (χ2n) is 17.9. The van der Waals surface area contributed by atoms with Gasteiger partial charge in [-0.2, -0.15) is 0 Å². The van der Waals surface area contributed by atoms with Crippen LogP contribution in [-0.4, -0.2) is 0 Å². The molecule has 1 aliphatic rings. The molecular formula is C67H45NO. The molecule has 0 atom stereocenters. The Kier molecular flexibility index (Phi) is 9.77. The van der Waals surface area contributed by atoms with E-state index in [-0.39, 0.29) is 0 Å². The van der Waals surface area contributed by atoms with Crippen molar-refractivity contribution in [1.29, 1.82) is 0 Å². The van der Waals surface area contributed by atoms with Crippen LogP contribution in [0.15, 0.2) is 277 Å². The van der Waals surface area contributed by atoms with Crippen LogP contribution in [0.3, 0.4) is 0 Å². The highest BCUT2D eigenvalue weighted by atomic mass is 16.3. The number of hydrogen-bond donors (Lipinski definition) is 0. The fraction of sp³-hybridized carbons (Fsp3) is 0.0149. The minimum Gasteiger partial charge on any atom is -0.456 e. The topological polar surface area (TPSA) is 16.4 Å². The highest BCUT2D eigenvalue weighted by Gasteiger charge is 2.46. The quantitative estimate of drug-likeness (QED) is 0.144. The van der Waals surface area contributed by atoms with Gasteiger partial charge in [-0.3, -0.25) is 0 Å². The summed E-state index contributed by atoms with van der Waals surface area (Å²) in [6, 6.07) is 99.2. The van der Waals surface area contributed by atoms with Crippen LogP contribution in [-0.2, 0) is 5.41 Å². The highest BCUT2D eigenvalue weighted by Crippen LogP contribution is 2.57. The van der Waals surface area contributed by atoms with Crippen LogP contribution in [0.2, 0.25) is 0 Å². The molecule has 324 valence electrons. The first-order valence-corrected chi connectivity index (χ1v) is 23.8. The molecule has 1 heterocycles. The summed E-state index contributed by atoms with van der Waals surface area (Å²) in [5, 5.41) is 2.16.